The lowest BCUT2D eigenvalue weighted by atomic mass is 9.46. The molecule has 8 atom stereocenters. The van der Waals surface area contributed by atoms with Crippen LogP contribution in [0.1, 0.15) is 112 Å². The highest BCUT2D eigenvalue weighted by Crippen LogP contribution is 2.67. The molecule has 1 nitrogen and oxygen atoms in total. The Morgan fingerprint density at radius 1 is 0.967 bits per heavy atom. The van der Waals surface area contributed by atoms with Crippen LogP contribution in [0.4, 0.5) is 0 Å². The van der Waals surface area contributed by atoms with Crippen molar-refractivity contribution in [1.29, 1.82) is 0 Å². The molecule has 0 bridgehead atoms. The van der Waals surface area contributed by atoms with Crippen molar-refractivity contribution in [2.24, 2.45) is 52.3 Å². The molecule has 0 unspecified atom stereocenters. The third kappa shape index (κ3) is 3.65. The second-order valence-electron chi connectivity index (χ2n) is 12.7. The first-order valence-corrected chi connectivity index (χ1v) is 13.4. The fourth-order valence-electron chi connectivity index (χ4n) is 9.22. The van der Waals surface area contributed by atoms with Gasteiger partial charge in [-0.3, -0.25) is 4.79 Å². The minimum Gasteiger partial charge on any atom is -0.295 e. The molecule has 0 saturated heterocycles. The predicted molar refractivity (Wildman–Crippen MR) is 127 cm³/mol. The smallest absolute Gasteiger partial charge is 0.155 e. The summed E-state index contributed by atoms with van der Waals surface area (Å²) in [6.07, 6.45) is 16.5. The summed E-state index contributed by atoms with van der Waals surface area (Å²) in [6.45, 7) is 15.0. The average Bonchev–Trinajstić information content (AvgIpc) is 3.06. The Hall–Kier alpha value is -0.590. The van der Waals surface area contributed by atoms with Crippen molar-refractivity contribution >= 4 is 5.78 Å². The molecule has 0 aromatic heterocycles. The van der Waals surface area contributed by atoms with Crippen LogP contribution >= 0.6 is 0 Å². The molecule has 170 valence electrons. The average molecular weight is 413 g/mol. The highest BCUT2D eigenvalue weighted by Gasteiger charge is 2.59. The van der Waals surface area contributed by atoms with Crippen LogP contribution in [-0.2, 0) is 4.79 Å². The predicted octanol–water partition coefficient (Wildman–Crippen LogP) is 8.23. The van der Waals surface area contributed by atoms with Gasteiger partial charge in [0.25, 0.3) is 0 Å². The normalized spacial score (nSPS) is 42.9. The maximum atomic E-state index is 12.1. The van der Waals surface area contributed by atoms with Gasteiger partial charge in [-0.2, -0.15) is 0 Å². The van der Waals surface area contributed by atoms with Crippen LogP contribution < -0.4 is 0 Å². The van der Waals surface area contributed by atoms with E-state index in [1.54, 1.807) is 0 Å². The van der Waals surface area contributed by atoms with Crippen LogP contribution in [-0.4, -0.2) is 5.78 Å². The summed E-state index contributed by atoms with van der Waals surface area (Å²) in [5.74, 6) is 6.63. The number of ketones is 1. The van der Waals surface area contributed by atoms with Crippen LogP contribution in [0.5, 0.6) is 0 Å². The van der Waals surface area contributed by atoms with E-state index in [9.17, 15) is 4.79 Å². The minimum atomic E-state index is 0.327. The van der Waals surface area contributed by atoms with E-state index in [0.717, 1.165) is 54.3 Å². The zero-order valence-corrected chi connectivity index (χ0v) is 20.8. The topological polar surface area (TPSA) is 17.1 Å². The second-order valence-corrected chi connectivity index (χ2v) is 12.7. The molecule has 0 aliphatic heterocycles. The van der Waals surface area contributed by atoms with Gasteiger partial charge in [0.1, 0.15) is 0 Å². The van der Waals surface area contributed by atoms with Gasteiger partial charge in [0.2, 0.25) is 0 Å². The Bertz CT molecular complexity index is 674. The van der Waals surface area contributed by atoms with Gasteiger partial charge < -0.3 is 0 Å². The van der Waals surface area contributed by atoms with Gasteiger partial charge in [0.15, 0.2) is 5.78 Å². The SMILES string of the molecule is CC[C@@H](CC[C@H](C)[C@H]1CC[C@@H]2[C@H]3CCC4=CC(=O)CC[C@]4(C)[C@@H]3CC[C@@]21C)C(C)C. The molecule has 0 radical (unpaired) electrons. The molecular formula is C29H48O. The van der Waals surface area contributed by atoms with Gasteiger partial charge in [-0.25, -0.2) is 0 Å². The Morgan fingerprint density at radius 3 is 2.43 bits per heavy atom. The number of hydrogen-bond acceptors (Lipinski definition) is 1. The summed E-state index contributed by atoms with van der Waals surface area (Å²) < 4.78 is 0. The summed E-state index contributed by atoms with van der Waals surface area (Å²) in [6, 6.07) is 0. The first kappa shape index (κ1) is 22.6. The molecule has 3 saturated carbocycles. The Morgan fingerprint density at radius 2 is 1.73 bits per heavy atom. The van der Waals surface area contributed by atoms with Crippen LogP contribution in [0.15, 0.2) is 11.6 Å². The molecule has 4 rings (SSSR count). The molecule has 30 heavy (non-hydrogen) atoms. The number of carbonyl (C=O) groups excluding carboxylic acids is 1. The molecular weight excluding hydrogens is 364 g/mol. The highest BCUT2D eigenvalue weighted by molar-refractivity contribution is 5.91. The standard InChI is InChI=1S/C29H48O/c1-7-21(19(2)3)9-8-20(4)25-12-13-26-24-11-10-22-18-23(30)14-16-28(22,5)27(24)15-17-29(25,26)6/h18-21,24-27H,7-17H2,1-6H3/t20-,21-,24+,25+,26+,27+,28-,29+/m0/s1. The fraction of sp³-hybridized carbons (Fsp3) is 0.897. The maximum absolute atomic E-state index is 12.1. The van der Waals surface area contributed by atoms with E-state index in [-0.39, 0.29) is 0 Å². The third-order valence-corrected chi connectivity index (χ3v) is 11.2. The minimum absolute atomic E-state index is 0.327. The van der Waals surface area contributed by atoms with Gasteiger partial charge in [0, 0.05) is 6.42 Å². The van der Waals surface area contributed by atoms with Gasteiger partial charge >= 0.3 is 0 Å². The molecule has 3 fully saturated rings. The molecule has 1 heteroatoms. The van der Waals surface area contributed by atoms with E-state index in [4.69, 9.17) is 0 Å². The lowest BCUT2D eigenvalue weighted by Gasteiger charge is -2.58. The van der Waals surface area contributed by atoms with Gasteiger partial charge in [-0.15, -0.1) is 0 Å². The summed E-state index contributed by atoms with van der Waals surface area (Å²) >= 11 is 0. The molecule has 0 N–H and O–H groups in total. The summed E-state index contributed by atoms with van der Waals surface area (Å²) in [4.78, 5) is 12.1. The van der Waals surface area contributed by atoms with Crippen molar-refractivity contribution in [3.05, 3.63) is 11.6 Å². The molecule has 0 aromatic carbocycles. The molecule has 4 aliphatic carbocycles. The molecule has 4 aliphatic rings. The van der Waals surface area contributed by atoms with Crippen LogP contribution in [0, 0.1) is 52.3 Å². The van der Waals surface area contributed by atoms with E-state index < -0.39 is 0 Å². The van der Waals surface area contributed by atoms with Gasteiger partial charge in [-0.1, -0.05) is 60.0 Å². The highest BCUT2D eigenvalue weighted by atomic mass is 16.1. The monoisotopic (exact) mass is 412 g/mol. The zero-order chi connectivity index (χ0) is 21.7. The Labute approximate surface area is 186 Å². The van der Waals surface area contributed by atoms with Crippen molar-refractivity contribution in [2.75, 3.05) is 0 Å². The first-order valence-electron chi connectivity index (χ1n) is 13.4. The van der Waals surface area contributed by atoms with Crippen molar-refractivity contribution in [2.45, 2.75) is 112 Å². The van der Waals surface area contributed by atoms with Crippen LogP contribution in [0.2, 0.25) is 0 Å². The number of hydrogen-bond donors (Lipinski definition) is 0. The molecule has 0 aromatic rings. The van der Waals surface area contributed by atoms with E-state index in [2.05, 4.69) is 47.6 Å². The molecule has 0 heterocycles. The van der Waals surface area contributed by atoms with E-state index in [0.29, 0.717) is 16.6 Å². The summed E-state index contributed by atoms with van der Waals surface area (Å²) in [5, 5.41) is 0. The van der Waals surface area contributed by atoms with Crippen molar-refractivity contribution in [3.63, 3.8) is 0 Å². The number of allylic oxidation sites excluding steroid dienone is 1. The quantitative estimate of drug-likeness (QED) is 0.429. The second kappa shape index (κ2) is 8.40. The molecule has 0 amide bonds. The Balaban J connectivity index is 1.48. The lowest BCUT2D eigenvalue weighted by Crippen LogP contribution is -2.51. The number of carbonyl (C=O) groups is 1. The van der Waals surface area contributed by atoms with E-state index in [1.165, 1.54) is 63.4 Å². The van der Waals surface area contributed by atoms with Gasteiger partial charge in [-0.05, 0) is 110 Å². The van der Waals surface area contributed by atoms with Crippen molar-refractivity contribution in [3.8, 4) is 0 Å². The van der Waals surface area contributed by atoms with Gasteiger partial charge in [0.05, 0.1) is 0 Å². The van der Waals surface area contributed by atoms with Crippen molar-refractivity contribution < 1.29 is 4.79 Å². The first-order chi connectivity index (χ1) is 14.2. The van der Waals surface area contributed by atoms with E-state index in [1.807, 2.05) is 0 Å². The van der Waals surface area contributed by atoms with E-state index >= 15 is 0 Å². The summed E-state index contributed by atoms with van der Waals surface area (Å²) in [5.41, 5.74) is 2.42. The Kier molecular flexibility index (Phi) is 6.33. The van der Waals surface area contributed by atoms with Crippen LogP contribution in [0.3, 0.4) is 0 Å². The zero-order valence-electron chi connectivity index (χ0n) is 20.8. The fourth-order valence-corrected chi connectivity index (χ4v) is 9.22. The third-order valence-electron chi connectivity index (χ3n) is 11.2. The summed E-state index contributed by atoms with van der Waals surface area (Å²) in [7, 11) is 0. The largest absolute Gasteiger partial charge is 0.295 e. The number of rotatable bonds is 6. The maximum Gasteiger partial charge on any atom is 0.155 e. The number of fused-ring (bicyclic) bond motifs is 5. The lowest BCUT2D eigenvalue weighted by molar-refractivity contribution is -0.117. The molecule has 0 spiro atoms. The van der Waals surface area contributed by atoms with Crippen LogP contribution in [0.25, 0.3) is 0 Å². The van der Waals surface area contributed by atoms with Crippen molar-refractivity contribution in [1.82, 2.24) is 0 Å².